The van der Waals surface area contributed by atoms with Crippen LogP contribution < -0.4 is 5.32 Å². The van der Waals surface area contributed by atoms with Crippen LogP contribution in [0.25, 0.3) is 0 Å². The van der Waals surface area contributed by atoms with Gasteiger partial charge >= 0.3 is 5.97 Å². The normalized spacial score (nSPS) is 13.6. The molecule has 0 heterocycles. The molecular weight excluding hydrogens is 707 g/mol. The lowest BCUT2D eigenvalue weighted by Crippen LogP contribution is -2.46. The molecule has 334 valence electrons. The number of amides is 1. The minimum absolute atomic E-state index is 0.0705. The van der Waals surface area contributed by atoms with Gasteiger partial charge in [-0.1, -0.05) is 198 Å². The van der Waals surface area contributed by atoms with Crippen LogP contribution in [0.15, 0.2) is 36.5 Å². The molecule has 3 N–H and O–H groups in total. The Labute approximate surface area is 353 Å². The van der Waals surface area contributed by atoms with E-state index < -0.39 is 18.2 Å². The van der Waals surface area contributed by atoms with Crippen LogP contribution >= 0.6 is 0 Å². The first-order valence-corrected chi connectivity index (χ1v) is 24.7. The van der Waals surface area contributed by atoms with Gasteiger partial charge in [0.15, 0.2) is 0 Å². The number of hydrogen-bond donors (Lipinski definition) is 3. The number of rotatable bonds is 44. The Morgan fingerprint density at radius 1 is 0.526 bits per heavy atom. The highest BCUT2D eigenvalue weighted by molar-refractivity contribution is 5.77. The Morgan fingerprint density at radius 2 is 0.947 bits per heavy atom. The van der Waals surface area contributed by atoms with Crippen molar-refractivity contribution < 1.29 is 24.5 Å². The van der Waals surface area contributed by atoms with Gasteiger partial charge in [0, 0.05) is 6.42 Å². The van der Waals surface area contributed by atoms with Crippen molar-refractivity contribution in [3.8, 4) is 0 Å². The van der Waals surface area contributed by atoms with Gasteiger partial charge in [0.25, 0.3) is 0 Å². The summed E-state index contributed by atoms with van der Waals surface area (Å²) in [4.78, 5) is 26.1. The van der Waals surface area contributed by atoms with E-state index in [0.29, 0.717) is 19.3 Å². The van der Waals surface area contributed by atoms with E-state index in [9.17, 15) is 19.8 Å². The largest absolute Gasteiger partial charge is 0.462 e. The van der Waals surface area contributed by atoms with Crippen molar-refractivity contribution in [3.63, 3.8) is 0 Å². The zero-order valence-corrected chi connectivity index (χ0v) is 38.0. The second-order valence-corrected chi connectivity index (χ2v) is 16.8. The Kier molecular flexibility index (Phi) is 43.6. The maximum Gasteiger partial charge on any atom is 0.306 e. The van der Waals surface area contributed by atoms with Crippen molar-refractivity contribution in [1.82, 2.24) is 5.32 Å². The average molecular weight is 802 g/mol. The monoisotopic (exact) mass is 802 g/mol. The summed E-state index contributed by atoms with van der Waals surface area (Å²) in [6.45, 7) is 6.35. The van der Waals surface area contributed by atoms with Crippen molar-refractivity contribution in [2.75, 3.05) is 6.61 Å². The molecule has 3 unspecified atom stereocenters. The molecule has 0 aliphatic carbocycles. The van der Waals surface area contributed by atoms with Gasteiger partial charge in [0.2, 0.25) is 5.91 Å². The van der Waals surface area contributed by atoms with Crippen LogP contribution in [0.3, 0.4) is 0 Å². The molecule has 0 bridgehead atoms. The minimum Gasteiger partial charge on any atom is -0.462 e. The van der Waals surface area contributed by atoms with E-state index in [4.69, 9.17) is 4.74 Å². The molecule has 1 amide bonds. The summed E-state index contributed by atoms with van der Waals surface area (Å²) in [5.41, 5.74) is 0. The summed E-state index contributed by atoms with van der Waals surface area (Å²) in [6, 6.07) is -0.702. The first-order valence-electron chi connectivity index (χ1n) is 24.7. The highest BCUT2D eigenvalue weighted by atomic mass is 16.5. The number of esters is 1. The smallest absolute Gasteiger partial charge is 0.306 e. The molecule has 0 aromatic carbocycles. The molecule has 0 saturated heterocycles. The SMILES string of the molecule is CC/C=C/C/C=C/CCCCCCCCCC(=O)OC(CCCCCCC/C=C/CCCCCCCC)CC(=O)NC(CO)C(O)CCCCCCCCCCC. The molecule has 0 spiro atoms. The van der Waals surface area contributed by atoms with Gasteiger partial charge < -0.3 is 20.3 Å². The van der Waals surface area contributed by atoms with Gasteiger partial charge in [-0.05, 0) is 77.0 Å². The van der Waals surface area contributed by atoms with Gasteiger partial charge in [-0.2, -0.15) is 0 Å². The molecule has 57 heavy (non-hydrogen) atoms. The van der Waals surface area contributed by atoms with E-state index in [0.717, 1.165) is 83.5 Å². The van der Waals surface area contributed by atoms with Crippen LogP contribution in [0.1, 0.15) is 252 Å². The van der Waals surface area contributed by atoms with Crippen LogP contribution in [0.5, 0.6) is 0 Å². The molecule has 0 aromatic heterocycles. The Morgan fingerprint density at radius 3 is 1.44 bits per heavy atom. The number of aliphatic hydroxyl groups is 2. The predicted octanol–water partition coefficient (Wildman–Crippen LogP) is 14.5. The summed E-state index contributed by atoms with van der Waals surface area (Å²) >= 11 is 0. The van der Waals surface area contributed by atoms with Gasteiger partial charge in [-0.15, -0.1) is 0 Å². The average Bonchev–Trinajstić information content (AvgIpc) is 3.20. The van der Waals surface area contributed by atoms with Crippen LogP contribution in [-0.4, -0.2) is 46.9 Å². The lowest BCUT2D eigenvalue weighted by atomic mass is 10.0. The van der Waals surface area contributed by atoms with E-state index in [1.807, 2.05) is 0 Å². The summed E-state index contributed by atoms with van der Waals surface area (Å²) in [7, 11) is 0. The Bertz CT molecular complexity index is 946. The van der Waals surface area contributed by atoms with E-state index >= 15 is 0 Å². The van der Waals surface area contributed by atoms with Crippen LogP contribution in [0.2, 0.25) is 0 Å². The molecule has 0 fully saturated rings. The molecule has 0 saturated carbocycles. The van der Waals surface area contributed by atoms with Crippen LogP contribution in [0.4, 0.5) is 0 Å². The lowest BCUT2D eigenvalue weighted by Gasteiger charge is -2.24. The van der Waals surface area contributed by atoms with Crippen molar-refractivity contribution in [1.29, 1.82) is 0 Å². The first kappa shape index (κ1) is 55.1. The molecular formula is C51H95NO5. The van der Waals surface area contributed by atoms with E-state index in [1.54, 1.807) is 0 Å². The molecule has 0 radical (unpaired) electrons. The fraction of sp³-hybridized carbons (Fsp3) is 0.843. The number of allylic oxidation sites excluding steroid dienone is 6. The predicted molar refractivity (Wildman–Crippen MR) is 246 cm³/mol. The topological polar surface area (TPSA) is 95.9 Å². The molecule has 0 aliphatic heterocycles. The minimum atomic E-state index is -0.787. The highest BCUT2D eigenvalue weighted by Crippen LogP contribution is 2.17. The molecule has 0 rings (SSSR count). The standard InChI is InChI=1S/C51H95NO5/c1-4-7-10-13-16-19-21-23-25-26-28-31-33-36-39-42-47(57-51(56)44-41-38-35-32-29-27-24-22-20-17-14-11-8-5-2)45-50(55)52-48(46-53)49(54)43-40-37-34-30-18-15-12-9-6-3/h8,11,17,20,23,25,47-49,53-54H,4-7,9-10,12-16,18-19,21-22,24,26-46H2,1-3H3,(H,52,55)/b11-8+,20-17+,25-23+. The third-order valence-electron chi connectivity index (χ3n) is 11.2. The Balaban J connectivity index is 4.60. The molecule has 0 aliphatic rings. The molecule has 3 atom stereocenters. The number of hydrogen-bond acceptors (Lipinski definition) is 5. The molecule has 6 heteroatoms. The number of carbonyl (C=O) groups is 2. The maximum atomic E-state index is 13.2. The van der Waals surface area contributed by atoms with E-state index in [2.05, 4.69) is 62.5 Å². The second-order valence-electron chi connectivity index (χ2n) is 16.8. The van der Waals surface area contributed by atoms with Crippen LogP contribution in [0, 0.1) is 0 Å². The van der Waals surface area contributed by atoms with Crippen molar-refractivity contribution in [2.24, 2.45) is 0 Å². The van der Waals surface area contributed by atoms with Crippen LogP contribution in [-0.2, 0) is 14.3 Å². The number of nitrogens with one attached hydrogen (secondary N) is 1. The third kappa shape index (κ3) is 40.6. The Hall–Kier alpha value is -1.92. The number of ether oxygens (including phenoxy) is 1. The first-order chi connectivity index (χ1) is 28.0. The quantitative estimate of drug-likeness (QED) is 0.0324. The van der Waals surface area contributed by atoms with Gasteiger partial charge in [-0.3, -0.25) is 9.59 Å². The fourth-order valence-electron chi connectivity index (χ4n) is 7.46. The van der Waals surface area contributed by atoms with E-state index in [-0.39, 0.29) is 24.9 Å². The van der Waals surface area contributed by atoms with Gasteiger partial charge in [-0.25, -0.2) is 0 Å². The number of unbranched alkanes of at least 4 members (excludes halogenated alkanes) is 26. The highest BCUT2D eigenvalue weighted by Gasteiger charge is 2.24. The second kappa shape index (κ2) is 45.2. The summed E-state index contributed by atoms with van der Waals surface area (Å²) < 4.78 is 5.92. The van der Waals surface area contributed by atoms with Crippen molar-refractivity contribution >= 4 is 11.9 Å². The summed E-state index contributed by atoms with van der Waals surface area (Å²) in [5, 5.41) is 23.6. The van der Waals surface area contributed by atoms with Crippen molar-refractivity contribution in [2.45, 2.75) is 270 Å². The van der Waals surface area contributed by atoms with Gasteiger partial charge in [0.1, 0.15) is 6.10 Å². The van der Waals surface area contributed by atoms with Gasteiger partial charge in [0.05, 0.1) is 25.2 Å². The van der Waals surface area contributed by atoms with E-state index in [1.165, 1.54) is 122 Å². The summed E-state index contributed by atoms with van der Waals surface area (Å²) in [6.07, 6.45) is 52.0. The molecule has 6 nitrogen and oxygen atoms in total. The number of aliphatic hydroxyl groups excluding tert-OH is 2. The molecule has 0 aromatic rings. The summed E-state index contributed by atoms with van der Waals surface area (Å²) in [5.74, 6) is -0.486. The lowest BCUT2D eigenvalue weighted by molar-refractivity contribution is -0.151. The zero-order valence-electron chi connectivity index (χ0n) is 38.0. The third-order valence-corrected chi connectivity index (χ3v) is 11.2. The number of carbonyl (C=O) groups excluding carboxylic acids is 2. The maximum absolute atomic E-state index is 13.2. The zero-order chi connectivity index (χ0) is 41.7. The fourth-order valence-corrected chi connectivity index (χ4v) is 7.46. The van der Waals surface area contributed by atoms with Crippen molar-refractivity contribution in [3.05, 3.63) is 36.5 Å².